The number of hydrogen-bond donors (Lipinski definition) is 1. The van der Waals surface area contributed by atoms with Crippen LogP contribution in [0, 0.1) is 5.92 Å². The molecule has 1 aromatic rings. The smallest absolute Gasteiger partial charge is 0.240 e. The fourth-order valence-corrected chi connectivity index (χ4v) is 3.97. The molecule has 23 heavy (non-hydrogen) atoms. The van der Waals surface area contributed by atoms with Crippen LogP contribution in [0.3, 0.4) is 0 Å². The number of piperidine rings is 1. The summed E-state index contributed by atoms with van der Waals surface area (Å²) in [6.45, 7) is 6.32. The largest absolute Gasteiger partial charge is 0.383 e. The van der Waals surface area contributed by atoms with Gasteiger partial charge in [-0.3, -0.25) is 0 Å². The fourth-order valence-electron chi connectivity index (χ4n) is 2.85. The van der Waals surface area contributed by atoms with Crippen molar-refractivity contribution < 1.29 is 13.2 Å². The first-order valence-corrected chi connectivity index (χ1v) is 9.83. The molecule has 1 aliphatic rings. The van der Waals surface area contributed by atoms with E-state index in [1.54, 1.807) is 19.2 Å². The molecule has 6 heteroatoms. The van der Waals surface area contributed by atoms with Gasteiger partial charge in [-0.25, -0.2) is 13.1 Å². The Morgan fingerprint density at radius 1 is 1.22 bits per heavy atom. The molecule has 1 fully saturated rings. The molecule has 2 rings (SSSR count). The van der Waals surface area contributed by atoms with E-state index in [0.29, 0.717) is 17.4 Å². The van der Waals surface area contributed by atoms with Gasteiger partial charge in [-0.1, -0.05) is 19.1 Å². The highest BCUT2D eigenvalue weighted by molar-refractivity contribution is 7.89. The number of benzene rings is 1. The Bertz CT molecular complexity index is 564. The first kappa shape index (κ1) is 18.4. The Hall–Kier alpha value is -0.950. The van der Waals surface area contributed by atoms with Gasteiger partial charge in [0.25, 0.3) is 0 Å². The number of rotatable bonds is 8. The summed E-state index contributed by atoms with van der Waals surface area (Å²) in [5.74, 6) is 0.415. The first-order valence-electron chi connectivity index (χ1n) is 8.35. The minimum atomic E-state index is -3.40. The molecule has 0 spiro atoms. The van der Waals surface area contributed by atoms with Crippen molar-refractivity contribution >= 4 is 10.0 Å². The molecule has 5 nitrogen and oxygen atoms in total. The van der Waals surface area contributed by atoms with E-state index in [9.17, 15) is 8.42 Å². The van der Waals surface area contributed by atoms with E-state index in [-0.39, 0.29) is 0 Å². The van der Waals surface area contributed by atoms with Crippen molar-refractivity contribution in [3.8, 4) is 0 Å². The predicted molar refractivity (Wildman–Crippen MR) is 92.0 cm³/mol. The summed E-state index contributed by atoms with van der Waals surface area (Å²) < 4.78 is 32.5. The van der Waals surface area contributed by atoms with Crippen LogP contribution in [0.15, 0.2) is 29.2 Å². The van der Waals surface area contributed by atoms with E-state index in [2.05, 4.69) is 16.5 Å². The van der Waals surface area contributed by atoms with Crippen LogP contribution in [-0.4, -0.2) is 53.2 Å². The summed E-state index contributed by atoms with van der Waals surface area (Å²) in [5, 5.41) is 0. The zero-order valence-electron chi connectivity index (χ0n) is 14.1. The van der Waals surface area contributed by atoms with Gasteiger partial charge in [-0.05, 0) is 56.0 Å². The summed E-state index contributed by atoms with van der Waals surface area (Å²) in [6.07, 6.45) is 2.97. The van der Waals surface area contributed by atoms with E-state index in [1.165, 1.54) is 0 Å². The number of methoxy groups -OCH3 is 1. The van der Waals surface area contributed by atoms with E-state index in [4.69, 9.17) is 4.74 Å². The molecule has 0 atom stereocenters. The van der Waals surface area contributed by atoms with Gasteiger partial charge in [0.1, 0.15) is 0 Å². The standard InChI is InChI=1S/C17H28N2O3S/c1-3-15-4-6-17(7-5-15)23(20,21)18-14-16-8-10-19(11-9-16)12-13-22-2/h4-7,16,18H,3,8-14H2,1-2H3. The zero-order valence-corrected chi connectivity index (χ0v) is 14.9. The van der Waals surface area contributed by atoms with Crippen molar-refractivity contribution in [2.75, 3.05) is 39.9 Å². The molecule has 1 saturated heterocycles. The highest BCUT2D eigenvalue weighted by atomic mass is 32.2. The van der Waals surface area contributed by atoms with Gasteiger partial charge in [-0.2, -0.15) is 0 Å². The second-order valence-electron chi connectivity index (χ2n) is 6.13. The molecule has 1 heterocycles. The maximum absolute atomic E-state index is 12.3. The Morgan fingerprint density at radius 2 is 1.87 bits per heavy atom. The third-order valence-electron chi connectivity index (χ3n) is 4.52. The van der Waals surface area contributed by atoms with Crippen molar-refractivity contribution in [1.29, 1.82) is 0 Å². The number of ether oxygens (including phenoxy) is 1. The van der Waals surface area contributed by atoms with Gasteiger partial charge in [0.05, 0.1) is 11.5 Å². The van der Waals surface area contributed by atoms with Crippen LogP contribution in [-0.2, 0) is 21.2 Å². The van der Waals surface area contributed by atoms with Crippen LogP contribution in [0.25, 0.3) is 0 Å². The van der Waals surface area contributed by atoms with Crippen LogP contribution >= 0.6 is 0 Å². The van der Waals surface area contributed by atoms with Crippen LogP contribution < -0.4 is 4.72 Å². The normalized spacial score (nSPS) is 17.5. The molecule has 0 aliphatic carbocycles. The van der Waals surface area contributed by atoms with Crippen molar-refractivity contribution in [2.24, 2.45) is 5.92 Å². The van der Waals surface area contributed by atoms with Crippen LogP contribution in [0.5, 0.6) is 0 Å². The van der Waals surface area contributed by atoms with E-state index < -0.39 is 10.0 Å². The Balaban J connectivity index is 1.80. The minimum absolute atomic E-state index is 0.354. The van der Waals surface area contributed by atoms with Gasteiger partial charge < -0.3 is 9.64 Å². The topological polar surface area (TPSA) is 58.6 Å². The molecule has 0 saturated carbocycles. The van der Waals surface area contributed by atoms with Crippen LogP contribution in [0.2, 0.25) is 0 Å². The molecule has 0 aromatic heterocycles. The molecule has 0 bridgehead atoms. The summed E-state index contributed by atoms with van der Waals surface area (Å²) in [7, 11) is -1.68. The molecule has 0 amide bonds. The zero-order chi connectivity index (χ0) is 16.7. The number of likely N-dealkylation sites (tertiary alicyclic amines) is 1. The lowest BCUT2D eigenvalue weighted by molar-refractivity contribution is 0.121. The molecule has 0 radical (unpaired) electrons. The molecular weight excluding hydrogens is 312 g/mol. The molecule has 130 valence electrons. The van der Waals surface area contributed by atoms with Gasteiger partial charge in [0, 0.05) is 20.2 Å². The second-order valence-corrected chi connectivity index (χ2v) is 7.89. The molecule has 1 N–H and O–H groups in total. The van der Waals surface area contributed by atoms with Gasteiger partial charge in [0.2, 0.25) is 10.0 Å². The van der Waals surface area contributed by atoms with Crippen molar-refractivity contribution in [3.05, 3.63) is 29.8 Å². The first-order chi connectivity index (χ1) is 11.0. The third kappa shape index (κ3) is 5.57. The number of nitrogens with zero attached hydrogens (tertiary/aromatic N) is 1. The Labute approximate surface area is 140 Å². The molecule has 0 unspecified atom stereocenters. The minimum Gasteiger partial charge on any atom is -0.383 e. The quantitative estimate of drug-likeness (QED) is 0.785. The number of hydrogen-bond acceptors (Lipinski definition) is 4. The van der Waals surface area contributed by atoms with Crippen molar-refractivity contribution in [1.82, 2.24) is 9.62 Å². The lowest BCUT2D eigenvalue weighted by Gasteiger charge is -2.31. The number of sulfonamides is 1. The van der Waals surface area contributed by atoms with Crippen molar-refractivity contribution in [3.63, 3.8) is 0 Å². The van der Waals surface area contributed by atoms with E-state index >= 15 is 0 Å². The summed E-state index contributed by atoms with van der Waals surface area (Å²) in [5.41, 5.74) is 1.15. The maximum atomic E-state index is 12.3. The summed E-state index contributed by atoms with van der Waals surface area (Å²) in [6, 6.07) is 7.13. The molecular formula is C17H28N2O3S. The highest BCUT2D eigenvalue weighted by Gasteiger charge is 2.21. The van der Waals surface area contributed by atoms with Gasteiger partial charge in [0.15, 0.2) is 0 Å². The molecule has 1 aliphatic heterocycles. The lowest BCUT2D eigenvalue weighted by atomic mass is 9.97. The second kappa shape index (κ2) is 8.78. The third-order valence-corrected chi connectivity index (χ3v) is 5.96. The SMILES string of the molecule is CCc1ccc(S(=O)(=O)NCC2CCN(CCOC)CC2)cc1. The highest BCUT2D eigenvalue weighted by Crippen LogP contribution is 2.17. The lowest BCUT2D eigenvalue weighted by Crippen LogP contribution is -2.39. The monoisotopic (exact) mass is 340 g/mol. The maximum Gasteiger partial charge on any atom is 0.240 e. The van der Waals surface area contributed by atoms with Gasteiger partial charge in [-0.15, -0.1) is 0 Å². The Morgan fingerprint density at radius 3 is 2.43 bits per heavy atom. The van der Waals surface area contributed by atoms with Crippen LogP contribution in [0.1, 0.15) is 25.3 Å². The van der Waals surface area contributed by atoms with Gasteiger partial charge >= 0.3 is 0 Å². The fraction of sp³-hybridized carbons (Fsp3) is 0.647. The Kier molecular flexibility index (Phi) is 7.02. The van der Waals surface area contributed by atoms with E-state index in [1.807, 2.05) is 12.1 Å². The predicted octanol–water partition coefficient (Wildman–Crippen LogP) is 1.89. The van der Waals surface area contributed by atoms with Crippen molar-refractivity contribution in [2.45, 2.75) is 31.1 Å². The average Bonchev–Trinajstić information content (AvgIpc) is 2.59. The summed E-state index contributed by atoms with van der Waals surface area (Å²) >= 11 is 0. The van der Waals surface area contributed by atoms with Crippen LogP contribution in [0.4, 0.5) is 0 Å². The van der Waals surface area contributed by atoms with E-state index in [0.717, 1.165) is 51.1 Å². The molecule has 1 aromatic carbocycles. The summed E-state index contributed by atoms with van der Waals surface area (Å²) in [4.78, 5) is 2.73. The number of nitrogens with one attached hydrogen (secondary N) is 1. The number of aryl methyl sites for hydroxylation is 1. The average molecular weight is 340 g/mol.